The molecule has 0 saturated carbocycles. The number of amides is 1. The predicted octanol–water partition coefficient (Wildman–Crippen LogP) is 5.57. The zero-order valence-electron chi connectivity index (χ0n) is 31.0. The Morgan fingerprint density at radius 1 is 1.18 bits per heavy atom. The van der Waals surface area contributed by atoms with Crippen LogP contribution in [0.2, 0.25) is 0 Å². The number of nitrogens with two attached hydrogens (primary N) is 2. The molecule has 2 aliphatic carbocycles. The molecule has 0 radical (unpaired) electrons. The van der Waals surface area contributed by atoms with Crippen LogP contribution in [0.15, 0.2) is 17.4 Å². The Kier molecular flexibility index (Phi) is 10.8. The third-order valence-corrected chi connectivity index (χ3v) is 12.0. The van der Waals surface area contributed by atoms with E-state index in [1.807, 2.05) is 38.8 Å². The number of anilines is 3. The minimum atomic E-state index is -0.671. The molecule has 1 spiro atoms. The summed E-state index contributed by atoms with van der Waals surface area (Å²) in [6, 6.07) is 1.36. The second kappa shape index (κ2) is 14.8. The van der Waals surface area contributed by atoms with Crippen molar-refractivity contribution in [3.63, 3.8) is 0 Å². The molecule has 6 rings (SSSR count). The summed E-state index contributed by atoms with van der Waals surface area (Å²) in [6.45, 7) is 12.5. The number of nitrogens with one attached hydrogen (secondary N) is 2. The van der Waals surface area contributed by atoms with Gasteiger partial charge in [0.15, 0.2) is 5.82 Å². The lowest BCUT2D eigenvalue weighted by molar-refractivity contribution is -0.0666. The smallest absolute Gasteiger partial charge is 0.411 e. The van der Waals surface area contributed by atoms with Crippen molar-refractivity contribution in [3.8, 4) is 5.88 Å². The van der Waals surface area contributed by atoms with E-state index in [-0.39, 0.29) is 47.5 Å². The van der Waals surface area contributed by atoms with Crippen LogP contribution < -0.4 is 26.4 Å². The number of fused-ring (bicyclic) bond motifs is 4. The van der Waals surface area contributed by atoms with Crippen LogP contribution in [0.1, 0.15) is 95.8 Å². The SMILES string of the molecule is CNCCC[C@H](C)[C@H](C)Oc1cc(N2CC3COCC(C2)N3C(=O)OC(C)(C)C)nc(C(=N)C2=C(O)[C@@]3(CCC2)CCCc2sc(N)c(N)c23)n1. The average Bonchev–Trinajstić information content (AvgIpc) is 3.37. The Hall–Kier alpha value is -3.62. The van der Waals surface area contributed by atoms with E-state index in [1.54, 1.807) is 0 Å². The highest BCUT2D eigenvalue weighted by atomic mass is 32.1. The van der Waals surface area contributed by atoms with Crippen molar-refractivity contribution in [1.82, 2.24) is 20.2 Å². The monoisotopic (exact) mass is 724 g/mol. The maximum atomic E-state index is 13.3. The Morgan fingerprint density at radius 2 is 1.86 bits per heavy atom. The van der Waals surface area contributed by atoms with Gasteiger partial charge in [-0.25, -0.2) is 9.78 Å². The van der Waals surface area contributed by atoms with E-state index in [0.717, 1.165) is 61.9 Å². The predicted molar refractivity (Wildman–Crippen MR) is 201 cm³/mol. The van der Waals surface area contributed by atoms with Gasteiger partial charge in [-0.1, -0.05) is 6.92 Å². The van der Waals surface area contributed by atoms with Crippen molar-refractivity contribution < 1.29 is 24.1 Å². The normalized spacial score (nSPS) is 24.7. The second-order valence-corrected chi connectivity index (χ2v) is 16.9. The van der Waals surface area contributed by atoms with Crippen molar-refractivity contribution in [3.05, 3.63) is 33.7 Å². The summed E-state index contributed by atoms with van der Waals surface area (Å²) in [5.74, 6) is 1.63. The standard InChI is InChI=1S/C37H56N8O5S/c1-21(10-9-15-41-6)22(2)49-28-16-27(44-17-23-19-48-20-24(18-44)45(23)35(47)50-36(3,4)5)42-34(43-28)30(38)25-11-7-13-37(32(25)46)14-8-12-26-29(37)31(39)33(40)51-26/h16,21-24,38,41,46H,7-15,17-20,39-40H2,1-6H3/t21-,22-,23?,24?,37-/m0/s1. The number of ether oxygens (including phenoxy) is 3. The van der Waals surface area contributed by atoms with Crippen LogP contribution in [-0.2, 0) is 21.3 Å². The maximum absolute atomic E-state index is 13.3. The molecule has 2 bridgehead atoms. The van der Waals surface area contributed by atoms with E-state index in [0.29, 0.717) is 60.7 Å². The molecular weight excluding hydrogens is 669 g/mol. The van der Waals surface area contributed by atoms with E-state index in [4.69, 9.17) is 35.6 Å². The highest BCUT2D eigenvalue weighted by Gasteiger charge is 2.47. The molecule has 2 aliphatic heterocycles. The van der Waals surface area contributed by atoms with Crippen LogP contribution in [-0.4, -0.2) is 95.5 Å². The number of hydrogen-bond acceptors (Lipinski definition) is 13. The van der Waals surface area contributed by atoms with Crippen LogP contribution in [0.5, 0.6) is 5.88 Å². The third kappa shape index (κ3) is 7.50. The average molecular weight is 725 g/mol. The summed E-state index contributed by atoms with van der Waals surface area (Å²) in [5, 5.41) is 25.4. The van der Waals surface area contributed by atoms with Gasteiger partial charge in [-0.05, 0) is 98.6 Å². The fourth-order valence-electron chi connectivity index (χ4n) is 8.20. The topological polar surface area (TPSA) is 185 Å². The number of allylic oxidation sites excluding steroid dienone is 2. The molecule has 0 aromatic carbocycles. The van der Waals surface area contributed by atoms with Crippen molar-refractivity contribution in [2.75, 3.05) is 56.3 Å². The molecule has 4 heterocycles. The van der Waals surface area contributed by atoms with Crippen LogP contribution in [0.4, 0.5) is 21.3 Å². The second-order valence-electron chi connectivity index (χ2n) is 15.7. The number of aromatic nitrogens is 2. The molecule has 2 unspecified atom stereocenters. The number of aryl methyl sites for hydroxylation is 1. The minimum Gasteiger partial charge on any atom is -0.511 e. The molecule has 1 amide bonds. The molecule has 13 nitrogen and oxygen atoms in total. The zero-order valence-corrected chi connectivity index (χ0v) is 31.8. The van der Waals surface area contributed by atoms with Gasteiger partial charge >= 0.3 is 6.09 Å². The van der Waals surface area contributed by atoms with Crippen molar-refractivity contribution in [1.29, 1.82) is 5.41 Å². The zero-order chi connectivity index (χ0) is 36.7. The number of morpholine rings is 1. The highest BCUT2D eigenvalue weighted by molar-refractivity contribution is 7.16. The number of nitrogens with zero attached hydrogens (tertiary/aromatic N) is 4. The number of aliphatic hydroxyl groups is 1. The number of thiophene rings is 1. The molecule has 4 aliphatic rings. The maximum Gasteiger partial charge on any atom is 0.411 e. The van der Waals surface area contributed by atoms with Gasteiger partial charge in [-0.3, -0.25) is 10.3 Å². The van der Waals surface area contributed by atoms with E-state index in [1.165, 1.54) is 11.3 Å². The highest BCUT2D eigenvalue weighted by Crippen LogP contribution is 2.55. The molecule has 2 aromatic rings. The summed E-state index contributed by atoms with van der Waals surface area (Å²) in [7, 11) is 1.95. The molecular formula is C37H56N8O5S. The third-order valence-electron chi connectivity index (χ3n) is 10.9. The summed E-state index contributed by atoms with van der Waals surface area (Å²) >= 11 is 1.51. The quantitative estimate of drug-likeness (QED) is 0.152. The summed E-state index contributed by atoms with van der Waals surface area (Å²) in [4.78, 5) is 28.2. The van der Waals surface area contributed by atoms with Gasteiger partial charge in [0.2, 0.25) is 5.88 Å². The summed E-state index contributed by atoms with van der Waals surface area (Å²) < 4.78 is 18.2. The fourth-order valence-corrected chi connectivity index (χ4v) is 9.33. The lowest BCUT2D eigenvalue weighted by Crippen LogP contribution is -2.66. The Labute approximate surface area is 305 Å². The number of nitrogen functional groups attached to an aromatic ring is 2. The van der Waals surface area contributed by atoms with Crippen molar-refractivity contribution in [2.45, 2.75) is 115 Å². The van der Waals surface area contributed by atoms with Gasteiger partial charge in [0, 0.05) is 35.2 Å². The number of rotatable bonds is 10. The van der Waals surface area contributed by atoms with Gasteiger partial charge < -0.3 is 41.0 Å². The molecule has 14 heteroatoms. The van der Waals surface area contributed by atoms with E-state index >= 15 is 0 Å². The first-order valence-corrected chi connectivity index (χ1v) is 19.3. The minimum absolute atomic E-state index is 0.0813. The lowest BCUT2D eigenvalue weighted by Gasteiger charge is -2.49. The van der Waals surface area contributed by atoms with Crippen molar-refractivity contribution >= 4 is 39.6 Å². The Bertz CT molecular complexity index is 1640. The van der Waals surface area contributed by atoms with Gasteiger partial charge in [-0.2, -0.15) is 4.98 Å². The Balaban J connectivity index is 1.35. The number of hydrogen-bond donors (Lipinski definition) is 5. The van der Waals surface area contributed by atoms with Crippen LogP contribution in [0, 0.1) is 11.3 Å². The molecule has 2 fully saturated rings. The van der Waals surface area contributed by atoms with E-state index in [9.17, 15) is 15.3 Å². The van der Waals surface area contributed by atoms with Crippen LogP contribution >= 0.6 is 11.3 Å². The van der Waals surface area contributed by atoms with Gasteiger partial charge in [0.25, 0.3) is 0 Å². The molecule has 2 saturated heterocycles. The van der Waals surface area contributed by atoms with E-state index in [2.05, 4.69) is 24.1 Å². The van der Waals surface area contributed by atoms with Crippen LogP contribution in [0.3, 0.4) is 0 Å². The fraction of sp³-hybridized carbons (Fsp3) is 0.676. The Morgan fingerprint density at radius 3 is 2.53 bits per heavy atom. The number of carbonyl (C=O) groups is 1. The number of carbonyl (C=O) groups excluding carboxylic acids is 1. The number of piperazine rings is 1. The number of aliphatic hydroxyl groups excluding tert-OH is 1. The van der Waals surface area contributed by atoms with Gasteiger partial charge in [-0.15, -0.1) is 11.3 Å². The first kappa shape index (κ1) is 37.1. The molecule has 2 aromatic heterocycles. The molecule has 5 atom stereocenters. The van der Waals surface area contributed by atoms with E-state index < -0.39 is 11.0 Å². The van der Waals surface area contributed by atoms with Crippen molar-refractivity contribution in [2.24, 2.45) is 5.92 Å². The molecule has 280 valence electrons. The largest absolute Gasteiger partial charge is 0.511 e. The lowest BCUT2D eigenvalue weighted by atomic mass is 9.63. The first-order valence-electron chi connectivity index (χ1n) is 18.5. The summed E-state index contributed by atoms with van der Waals surface area (Å²) in [5.41, 5.74) is 13.7. The van der Waals surface area contributed by atoms with Crippen LogP contribution in [0.25, 0.3) is 0 Å². The van der Waals surface area contributed by atoms with Gasteiger partial charge in [0.05, 0.1) is 36.4 Å². The summed E-state index contributed by atoms with van der Waals surface area (Å²) in [6.07, 6.45) is 6.13. The first-order chi connectivity index (χ1) is 24.2. The molecule has 51 heavy (non-hydrogen) atoms. The molecule has 7 N–H and O–H groups in total. The van der Waals surface area contributed by atoms with Gasteiger partial charge in [0.1, 0.15) is 34.0 Å².